The quantitative estimate of drug-likeness (QED) is 0.248. The van der Waals surface area contributed by atoms with Gasteiger partial charge < -0.3 is 19.0 Å². The lowest BCUT2D eigenvalue weighted by Gasteiger charge is -2.22. The number of aromatic nitrogens is 2. The third-order valence-electron chi connectivity index (χ3n) is 8.22. The van der Waals surface area contributed by atoms with E-state index in [0.717, 1.165) is 85.1 Å². The molecule has 1 aliphatic carbocycles. The van der Waals surface area contributed by atoms with Gasteiger partial charge in [-0.1, -0.05) is 66.8 Å². The molecule has 1 aliphatic heterocycles. The Bertz CT molecular complexity index is 2210. The van der Waals surface area contributed by atoms with Gasteiger partial charge in [0, 0.05) is 22.0 Å². The van der Waals surface area contributed by atoms with Crippen LogP contribution in [0.5, 0.6) is 23.0 Å². The molecule has 5 aromatic carbocycles. The predicted molar refractivity (Wildman–Crippen MR) is 163 cm³/mol. The Balaban J connectivity index is 1.23. The molecule has 0 atom stereocenters. The number of ether oxygens (including phenoxy) is 2. The van der Waals surface area contributed by atoms with Crippen molar-refractivity contribution >= 4 is 49.2 Å². The summed E-state index contributed by atoms with van der Waals surface area (Å²) in [4.78, 5) is 3.51. The molecule has 9 rings (SSSR count). The summed E-state index contributed by atoms with van der Waals surface area (Å²) in [6.07, 6.45) is 9.02. The highest BCUT2D eigenvalue weighted by atomic mass is 16.6. The Hall–Kier alpha value is -5.22. The van der Waals surface area contributed by atoms with E-state index in [9.17, 15) is 0 Å². The fraction of sp³-hybridized carbons (Fsp3) is 0.0556. The number of benzene rings is 5. The van der Waals surface area contributed by atoms with Crippen molar-refractivity contribution in [2.45, 2.75) is 12.8 Å². The number of H-pyrrole nitrogens is 1. The molecule has 4 nitrogen and oxygen atoms in total. The molecule has 0 unspecified atom stereocenters. The van der Waals surface area contributed by atoms with E-state index in [4.69, 9.17) is 9.47 Å². The van der Waals surface area contributed by atoms with Crippen LogP contribution in [-0.4, -0.2) is 9.55 Å². The fourth-order valence-corrected chi connectivity index (χ4v) is 6.39. The maximum absolute atomic E-state index is 6.71. The first-order chi connectivity index (χ1) is 19.8. The van der Waals surface area contributed by atoms with Crippen molar-refractivity contribution in [3.05, 3.63) is 121 Å². The topological polar surface area (TPSA) is 39.2 Å². The minimum atomic E-state index is 0.729. The van der Waals surface area contributed by atoms with Gasteiger partial charge in [0.2, 0.25) is 0 Å². The molecule has 1 N–H and O–H groups in total. The number of rotatable bonds is 2. The van der Waals surface area contributed by atoms with Gasteiger partial charge in [-0.2, -0.15) is 0 Å². The highest BCUT2D eigenvalue weighted by Crippen LogP contribution is 2.54. The molecule has 2 aliphatic rings. The zero-order chi connectivity index (χ0) is 26.2. The molecule has 0 spiro atoms. The van der Waals surface area contributed by atoms with E-state index in [1.54, 1.807) is 0 Å². The van der Waals surface area contributed by atoms with Crippen LogP contribution < -0.4 is 9.47 Å². The first-order valence-corrected chi connectivity index (χ1v) is 13.8. The Labute approximate surface area is 230 Å². The largest absolute Gasteiger partial charge is 0.449 e. The molecule has 4 heteroatoms. The molecule has 0 radical (unpaired) electrons. The SMILES string of the molecule is C1=CC(c2ccc(-n3c4ccccc4c4c5c(ccc43)Oc3c(ccc4[nH]c6ccccc6c34)O5)cc2)=CCC1. The van der Waals surface area contributed by atoms with E-state index in [-0.39, 0.29) is 0 Å². The van der Waals surface area contributed by atoms with Crippen LogP contribution in [0.4, 0.5) is 0 Å². The third kappa shape index (κ3) is 3.02. The number of nitrogens with zero attached hydrogens (tertiary/aromatic N) is 1. The van der Waals surface area contributed by atoms with Crippen molar-refractivity contribution in [2.75, 3.05) is 0 Å². The van der Waals surface area contributed by atoms with E-state index >= 15 is 0 Å². The summed E-state index contributed by atoms with van der Waals surface area (Å²) in [5.74, 6) is 2.97. The highest BCUT2D eigenvalue weighted by Gasteiger charge is 2.27. The summed E-state index contributed by atoms with van der Waals surface area (Å²) < 4.78 is 15.7. The maximum atomic E-state index is 6.71. The van der Waals surface area contributed by atoms with Gasteiger partial charge in [-0.05, 0) is 72.5 Å². The number of para-hydroxylation sites is 2. The lowest BCUT2D eigenvalue weighted by Crippen LogP contribution is -2.00. The number of fused-ring (bicyclic) bond motifs is 10. The zero-order valence-electron chi connectivity index (χ0n) is 21.6. The summed E-state index contributed by atoms with van der Waals surface area (Å²) in [6, 6.07) is 34.0. The van der Waals surface area contributed by atoms with Gasteiger partial charge in [-0.15, -0.1) is 0 Å². The van der Waals surface area contributed by atoms with Crippen LogP contribution >= 0.6 is 0 Å². The third-order valence-corrected chi connectivity index (χ3v) is 8.22. The minimum Gasteiger partial charge on any atom is -0.449 e. The number of allylic oxidation sites excluding steroid dienone is 4. The minimum absolute atomic E-state index is 0.729. The van der Waals surface area contributed by atoms with Crippen LogP contribution in [0, 0.1) is 0 Å². The van der Waals surface area contributed by atoms with Crippen molar-refractivity contribution in [1.82, 2.24) is 9.55 Å². The first kappa shape index (κ1) is 21.7. The Morgan fingerprint density at radius 3 is 2.17 bits per heavy atom. The van der Waals surface area contributed by atoms with Crippen molar-refractivity contribution in [1.29, 1.82) is 0 Å². The lowest BCUT2D eigenvalue weighted by molar-refractivity contribution is 0.367. The summed E-state index contributed by atoms with van der Waals surface area (Å²) in [5.41, 5.74) is 8.00. The molecule has 7 aromatic rings. The van der Waals surface area contributed by atoms with E-state index in [1.165, 1.54) is 11.1 Å². The number of aromatic amines is 1. The van der Waals surface area contributed by atoms with Crippen LogP contribution in [0.2, 0.25) is 0 Å². The van der Waals surface area contributed by atoms with Gasteiger partial charge in [0.1, 0.15) is 0 Å². The molecule has 3 heterocycles. The zero-order valence-corrected chi connectivity index (χ0v) is 21.6. The first-order valence-electron chi connectivity index (χ1n) is 13.8. The van der Waals surface area contributed by atoms with Crippen LogP contribution in [0.25, 0.3) is 54.9 Å². The highest BCUT2D eigenvalue weighted by molar-refractivity contribution is 6.15. The van der Waals surface area contributed by atoms with Crippen molar-refractivity contribution in [2.24, 2.45) is 0 Å². The van der Waals surface area contributed by atoms with Crippen molar-refractivity contribution < 1.29 is 9.47 Å². The Morgan fingerprint density at radius 2 is 1.35 bits per heavy atom. The average Bonchev–Trinajstić information content (AvgIpc) is 3.57. The molecule has 0 fully saturated rings. The lowest BCUT2D eigenvalue weighted by atomic mass is 9.99. The molecular formula is C36H24N2O2. The second-order valence-electron chi connectivity index (χ2n) is 10.5. The van der Waals surface area contributed by atoms with Crippen LogP contribution in [0.15, 0.2) is 115 Å². The van der Waals surface area contributed by atoms with E-state index in [2.05, 4.69) is 107 Å². The molecule has 40 heavy (non-hydrogen) atoms. The van der Waals surface area contributed by atoms with Gasteiger partial charge in [-0.3, -0.25) is 0 Å². The summed E-state index contributed by atoms with van der Waals surface area (Å²) in [6.45, 7) is 0. The molecule has 0 saturated carbocycles. The van der Waals surface area contributed by atoms with Crippen molar-refractivity contribution in [3.8, 4) is 28.7 Å². The maximum Gasteiger partial charge on any atom is 0.180 e. The molecular weight excluding hydrogens is 492 g/mol. The smallest absolute Gasteiger partial charge is 0.180 e. The van der Waals surface area contributed by atoms with E-state index < -0.39 is 0 Å². The van der Waals surface area contributed by atoms with E-state index in [1.807, 2.05) is 18.2 Å². The number of nitrogens with one attached hydrogen (secondary N) is 1. The van der Waals surface area contributed by atoms with Crippen LogP contribution in [0.1, 0.15) is 18.4 Å². The Kier molecular flexibility index (Phi) is 4.41. The second-order valence-corrected chi connectivity index (χ2v) is 10.5. The monoisotopic (exact) mass is 516 g/mol. The summed E-state index contributed by atoms with van der Waals surface area (Å²) in [5, 5.41) is 4.36. The van der Waals surface area contributed by atoms with Crippen LogP contribution in [0.3, 0.4) is 0 Å². The standard InChI is InChI=1S/C36H24N2O2/c1-2-8-22(9-3-1)23-14-16-24(17-15-23)38-29-13-7-5-11-26(29)34-30(38)19-21-32-36(34)40-31-20-18-28-33(35(31)39-32)25-10-4-6-12-27(25)37-28/h2,4-21,37H,1,3H2. The summed E-state index contributed by atoms with van der Waals surface area (Å²) in [7, 11) is 0. The molecule has 0 saturated heterocycles. The molecule has 190 valence electrons. The predicted octanol–water partition coefficient (Wildman–Crippen LogP) is 10.0. The van der Waals surface area contributed by atoms with Gasteiger partial charge >= 0.3 is 0 Å². The normalized spacial score (nSPS) is 14.2. The molecule has 2 aromatic heterocycles. The average molecular weight is 517 g/mol. The van der Waals surface area contributed by atoms with Crippen molar-refractivity contribution in [3.63, 3.8) is 0 Å². The van der Waals surface area contributed by atoms with Gasteiger partial charge in [0.15, 0.2) is 23.0 Å². The summed E-state index contributed by atoms with van der Waals surface area (Å²) >= 11 is 0. The van der Waals surface area contributed by atoms with Gasteiger partial charge in [0.25, 0.3) is 0 Å². The van der Waals surface area contributed by atoms with Gasteiger partial charge in [0.05, 0.1) is 27.3 Å². The second kappa shape index (κ2) is 8.14. The van der Waals surface area contributed by atoms with Gasteiger partial charge in [-0.25, -0.2) is 0 Å². The number of hydrogen-bond donors (Lipinski definition) is 1. The number of hydrogen-bond acceptors (Lipinski definition) is 2. The fourth-order valence-electron chi connectivity index (χ4n) is 6.39. The van der Waals surface area contributed by atoms with E-state index in [0.29, 0.717) is 0 Å². The molecule has 0 amide bonds. The molecule has 0 bridgehead atoms. The Morgan fingerprint density at radius 1 is 0.600 bits per heavy atom. The van der Waals surface area contributed by atoms with Crippen LogP contribution in [-0.2, 0) is 0 Å².